The lowest BCUT2D eigenvalue weighted by atomic mass is 10.0. The second-order valence-corrected chi connectivity index (χ2v) is 13.0. The Balaban J connectivity index is 1.56. The van der Waals surface area contributed by atoms with Gasteiger partial charge in [-0.3, -0.25) is 19.4 Å². The van der Waals surface area contributed by atoms with Gasteiger partial charge in [0.05, 0.1) is 23.4 Å². The predicted octanol–water partition coefficient (Wildman–Crippen LogP) is 5.21. The van der Waals surface area contributed by atoms with Crippen LogP contribution in [-0.4, -0.2) is 78.0 Å². The lowest BCUT2D eigenvalue weighted by Gasteiger charge is -2.35. The number of aryl methyl sites for hydroxylation is 4. The van der Waals surface area contributed by atoms with Crippen molar-refractivity contribution in [1.82, 2.24) is 34.3 Å². The van der Waals surface area contributed by atoms with Crippen LogP contribution in [0.5, 0.6) is 0 Å². The van der Waals surface area contributed by atoms with Gasteiger partial charge in [0, 0.05) is 69.1 Å². The summed E-state index contributed by atoms with van der Waals surface area (Å²) in [5.74, 6) is 1.29. The monoisotopic (exact) mass is 623 g/mol. The van der Waals surface area contributed by atoms with Crippen LogP contribution < -0.4 is 9.80 Å². The molecule has 0 bridgehead atoms. The highest BCUT2D eigenvalue weighted by Crippen LogP contribution is 2.35. The Morgan fingerprint density at radius 1 is 0.957 bits per heavy atom. The second-order valence-electron chi connectivity index (χ2n) is 13.0. The number of hydrogen-bond donors (Lipinski definition) is 0. The van der Waals surface area contributed by atoms with Crippen LogP contribution in [0.15, 0.2) is 42.6 Å². The van der Waals surface area contributed by atoms with Crippen LogP contribution in [0.1, 0.15) is 50.3 Å². The van der Waals surface area contributed by atoms with Gasteiger partial charge >= 0.3 is 6.09 Å². The summed E-state index contributed by atoms with van der Waals surface area (Å²) < 4.78 is 9.59. The van der Waals surface area contributed by atoms with Crippen LogP contribution in [0.2, 0.25) is 0 Å². The molecule has 240 valence electrons. The molecule has 1 aliphatic heterocycles. The molecule has 1 aromatic carbocycles. The molecule has 4 aromatic heterocycles. The van der Waals surface area contributed by atoms with Crippen molar-refractivity contribution in [2.24, 2.45) is 7.05 Å². The van der Waals surface area contributed by atoms with E-state index < -0.39 is 11.7 Å². The van der Waals surface area contributed by atoms with Crippen molar-refractivity contribution in [2.75, 3.05) is 36.0 Å². The minimum Gasteiger partial charge on any atom is -0.443 e. The molecule has 2 amide bonds. The molecular weight excluding hydrogens is 582 g/mol. The minimum absolute atomic E-state index is 0.0577. The van der Waals surface area contributed by atoms with Crippen molar-refractivity contribution in [1.29, 1.82) is 0 Å². The topological polar surface area (TPSA) is 114 Å². The van der Waals surface area contributed by atoms with Crippen LogP contribution >= 0.6 is 0 Å². The first-order valence-corrected chi connectivity index (χ1v) is 15.6. The van der Waals surface area contributed by atoms with Crippen molar-refractivity contribution >= 4 is 40.2 Å². The van der Waals surface area contributed by atoms with E-state index in [0.717, 1.165) is 44.7 Å². The molecule has 6 rings (SSSR count). The number of carbonyl (C=O) groups is 2. The highest BCUT2D eigenvalue weighted by atomic mass is 16.6. The zero-order chi connectivity index (χ0) is 32.9. The fourth-order valence-electron chi connectivity index (χ4n) is 6.08. The molecule has 1 fully saturated rings. The van der Waals surface area contributed by atoms with Gasteiger partial charge in [0.2, 0.25) is 5.91 Å². The van der Waals surface area contributed by atoms with Crippen LogP contribution in [0, 0.1) is 20.8 Å². The van der Waals surface area contributed by atoms with Crippen LogP contribution in [0.4, 0.5) is 16.4 Å². The van der Waals surface area contributed by atoms with E-state index in [9.17, 15) is 9.59 Å². The van der Waals surface area contributed by atoms with E-state index in [1.54, 1.807) is 22.5 Å². The number of pyridine rings is 1. The molecule has 46 heavy (non-hydrogen) atoms. The number of hydrogen-bond acceptors (Lipinski definition) is 8. The molecule has 0 N–H and O–H groups in total. The van der Waals surface area contributed by atoms with Crippen molar-refractivity contribution in [2.45, 2.75) is 60.6 Å². The standard InChI is InChI=1S/C34H41N9O3/c1-21-17-25(11-12-35-21)20-42(33(45)46-34(5,6)7)30-19-29(41-15-13-40(14-16-41)24(4)44)36-32-31(23(3)38-43(30)32)26-9-10-28-27(18-26)22(2)37-39(28)8/h9-12,17-19H,13-16,20H2,1-8H3. The molecule has 0 aliphatic carbocycles. The van der Waals surface area contributed by atoms with Gasteiger partial charge in [0.15, 0.2) is 5.65 Å². The quantitative estimate of drug-likeness (QED) is 0.262. The maximum Gasteiger partial charge on any atom is 0.416 e. The lowest BCUT2D eigenvalue weighted by molar-refractivity contribution is -0.129. The summed E-state index contributed by atoms with van der Waals surface area (Å²) >= 11 is 0. The number of anilines is 2. The van der Waals surface area contributed by atoms with Gasteiger partial charge in [0.25, 0.3) is 0 Å². The van der Waals surface area contributed by atoms with Gasteiger partial charge in [0.1, 0.15) is 17.2 Å². The Labute approximate surface area is 268 Å². The molecule has 5 heterocycles. The van der Waals surface area contributed by atoms with Gasteiger partial charge in [-0.15, -0.1) is 0 Å². The third-order valence-corrected chi connectivity index (χ3v) is 8.30. The van der Waals surface area contributed by atoms with Crippen LogP contribution in [0.3, 0.4) is 0 Å². The Bertz CT molecular complexity index is 1960. The first-order valence-electron chi connectivity index (χ1n) is 15.6. The van der Waals surface area contributed by atoms with E-state index in [4.69, 9.17) is 14.8 Å². The van der Waals surface area contributed by atoms with Crippen molar-refractivity contribution in [3.63, 3.8) is 0 Å². The summed E-state index contributed by atoms with van der Waals surface area (Å²) in [6.07, 6.45) is 1.25. The van der Waals surface area contributed by atoms with Crippen LogP contribution in [0.25, 0.3) is 27.7 Å². The van der Waals surface area contributed by atoms with E-state index in [-0.39, 0.29) is 12.5 Å². The number of carbonyl (C=O) groups excluding carboxylic acids is 2. The molecule has 1 saturated heterocycles. The van der Waals surface area contributed by atoms with E-state index >= 15 is 0 Å². The fraction of sp³-hybridized carbons (Fsp3) is 0.412. The normalized spacial score (nSPS) is 13.9. The SMILES string of the molecule is CC(=O)N1CCN(c2cc(N(Cc3ccnc(C)c3)C(=O)OC(C)(C)C)n3nc(C)c(-c4ccc5c(c4)c(C)nn5C)c3n2)CC1. The molecule has 1 aliphatic rings. The Morgan fingerprint density at radius 3 is 2.37 bits per heavy atom. The van der Waals surface area contributed by atoms with E-state index in [0.29, 0.717) is 43.5 Å². The average Bonchev–Trinajstić information content (AvgIpc) is 3.48. The van der Waals surface area contributed by atoms with Crippen LogP contribution in [-0.2, 0) is 23.1 Å². The summed E-state index contributed by atoms with van der Waals surface area (Å²) in [7, 11) is 1.94. The summed E-state index contributed by atoms with van der Waals surface area (Å²) in [5, 5.41) is 10.6. The van der Waals surface area contributed by atoms with Crippen molar-refractivity contribution < 1.29 is 14.3 Å². The lowest BCUT2D eigenvalue weighted by Crippen LogP contribution is -2.48. The van der Waals surface area contributed by atoms with E-state index in [2.05, 4.69) is 33.2 Å². The first-order chi connectivity index (χ1) is 21.8. The van der Waals surface area contributed by atoms with Gasteiger partial charge in [-0.05, 0) is 76.9 Å². The Kier molecular flexibility index (Phi) is 7.91. The van der Waals surface area contributed by atoms with Crippen molar-refractivity contribution in [3.05, 3.63) is 65.2 Å². The summed E-state index contributed by atoms with van der Waals surface area (Å²) in [5.41, 5.74) is 6.25. The fourth-order valence-corrected chi connectivity index (χ4v) is 6.08. The largest absolute Gasteiger partial charge is 0.443 e. The highest BCUT2D eigenvalue weighted by molar-refractivity contribution is 5.93. The molecule has 12 nitrogen and oxygen atoms in total. The molecule has 0 saturated carbocycles. The Hall–Kier alpha value is -5.00. The average molecular weight is 624 g/mol. The number of amides is 2. The zero-order valence-corrected chi connectivity index (χ0v) is 27.8. The number of piperazine rings is 1. The maximum absolute atomic E-state index is 14.0. The minimum atomic E-state index is -0.719. The number of fused-ring (bicyclic) bond motifs is 2. The van der Waals surface area contributed by atoms with Gasteiger partial charge in [-0.1, -0.05) is 6.07 Å². The predicted molar refractivity (Wildman–Crippen MR) is 178 cm³/mol. The molecule has 0 spiro atoms. The number of nitrogens with zero attached hydrogens (tertiary/aromatic N) is 9. The second kappa shape index (κ2) is 11.7. The molecule has 0 radical (unpaired) electrons. The van der Waals surface area contributed by atoms with Gasteiger partial charge < -0.3 is 14.5 Å². The number of rotatable bonds is 5. The van der Waals surface area contributed by atoms with E-state index in [1.165, 1.54) is 0 Å². The highest BCUT2D eigenvalue weighted by Gasteiger charge is 2.30. The first kappa shape index (κ1) is 31.0. The Morgan fingerprint density at radius 2 is 1.70 bits per heavy atom. The molecule has 0 atom stereocenters. The van der Waals surface area contributed by atoms with Crippen molar-refractivity contribution in [3.8, 4) is 11.1 Å². The molecular formula is C34H41N9O3. The third-order valence-electron chi connectivity index (χ3n) is 8.30. The van der Waals surface area contributed by atoms with Gasteiger partial charge in [-0.2, -0.15) is 14.7 Å². The number of benzene rings is 1. The smallest absolute Gasteiger partial charge is 0.416 e. The third kappa shape index (κ3) is 5.99. The van der Waals surface area contributed by atoms with E-state index in [1.807, 2.05) is 76.4 Å². The zero-order valence-electron chi connectivity index (χ0n) is 27.8. The number of aromatic nitrogens is 6. The summed E-state index contributed by atoms with van der Waals surface area (Å²) in [6.45, 7) is 15.7. The van der Waals surface area contributed by atoms with Gasteiger partial charge in [-0.25, -0.2) is 9.78 Å². The maximum atomic E-state index is 14.0. The molecule has 12 heteroatoms. The molecule has 5 aromatic rings. The summed E-state index contributed by atoms with van der Waals surface area (Å²) in [6, 6.07) is 12.0. The number of ether oxygens (including phenoxy) is 1. The summed E-state index contributed by atoms with van der Waals surface area (Å²) in [4.78, 5) is 41.2. The molecule has 0 unspecified atom stereocenters.